The quantitative estimate of drug-likeness (QED) is 0.659. The maximum Gasteiger partial charge on any atom is 0.00106 e. The number of hydrogen-bond donors (Lipinski definition) is 1. The van der Waals surface area contributed by atoms with Gasteiger partial charge in [-0.05, 0) is 44.8 Å². The molecule has 1 fully saturated rings. The highest BCUT2D eigenvalue weighted by atomic mass is 15.1. The first kappa shape index (κ1) is 9.01. The first-order valence-electron chi connectivity index (χ1n) is 4.79. The molecule has 1 heterocycles. The highest BCUT2D eigenvalue weighted by Crippen LogP contribution is 2.18. The lowest BCUT2D eigenvalue weighted by Gasteiger charge is -2.13. The van der Waals surface area contributed by atoms with Crippen molar-refractivity contribution in [3.63, 3.8) is 0 Å². The molecule has 1 rings (SSSR count). The molecular formula is C9H20N2. The Labute approximate surface area is 69.8 Å². The van der Waals surface area contributed by atoms with Crippen LogP contribution < -0.4 is 5.73 Å². The molecule has 1 saturated heterocycles. The van der Waals surface area contributed by atoms with Crippen LogP contribution in [-0.4, -0.2) is 31.1 Å². The van der Waals surface area contributed by atoms with Crippen LogP contribution in [0, 0.1) is 5.92 Å². The molecule has 0 aromatic rings. The van der Waals surface area contributed by atoms with E-state index in [-0.39, 0.29) is 0 Å². The molecule has 0 unspecified atom stereocenters. The highest BCUT2D eigenvalue weighted by molar-refractivity contribution is 4.74. The normalized spacial score (nSPS) is 26.2. The Morgan fingerprint density at radius 1 is 1.55 bits per heavy atom. The standard InChI is InChI=1S/C9H20N2/c1-2-6-11-7-4-9(8-11)3-5-10/h9H,2-8,10H2,1H3/t9-/m0/s1. The van der Waals surface area contributed by atoms with E-state index in [0.29, 0.717) is 0 Å². The molecular weight excluding hydrogens is 136 g/mol. The maximum absolute atomic E-state index is 5.51. The van der Waals surface area contributed by atoms with Crippen LogP contribution >= 0.6 is 0 Å². The zero-order valence-electron chi connectivity index (χ0n) is 7.55. The van der Waals surface area contributed by atoms with E-state index in [9.17, 15) is 0 Å². The Morgan fingerprint density at radius 2 is 2.36 bits per heavy atom. The van der Waals surface area contributed by atoms with Crippen molar-refractivity contribution < 1.29 is 0 Å². The van der Waals surface area contributed by atoms with E-state index < -0.39 is 0 Å². The molecule has 2 N–H and O–H groups in total. The summed E-state index contributed by atoms with van der Waals surface area (Å²) >= 11 is 0. The van der Waals surface area contributed by atoms with E-state index in [2.05, 4.69) is 11.8 Å². The van der Waals surface area contributed by atoms with Crippen molar-refractivity contribution >= 4 is 0 Å². The van der Waals surface area contributed by atoms with Gasteiger partial charge in [-0.2, -0.15) is 0 Å². The van der Waals surface area contributed by atoms with Crippen molar-refractivity contribution in [2.45, 2.75) is 26.2 Å². The van der Waals surface area contributed by atoms with E-state index in [1.54, 1.807) is 0 Å². The largest absolute Gasteiger partial charge is 0.330 e. The van der Waals surface area contributed by atoms with E-state index in [1.807, 2.05) is 0 Å². The van der Waals surface area contributed by atoms with Gasteiger partial charge in [0, 0.05) is 6.54 Å². The van der Waals surface area contributed by atoms with Crippen molar-refractivity contribution in [1.29, 1.82) is 0 Å². The minimum absolute atomic E-state index is 0.866. The highest BCUT2D eigenvalue weighted by Gasteiger charge is 2.20. The summed E-state index contributed by atoms with van der Waals surface area (Å²) in [6.07, 6.45) is 3.88. The first-order chi connectivity index (χ1) is 5.36. The molecule has 0 saturated carbocycles. The zero-order valence-corrected chi connectivity index (χ0v) is 7.55. The third-order valence-electron chi connectivity index (χ3n) is 2.48. The smallest absolute Gasteiger partial charge is 0.00106 e. The molecule has 11 heavy (non-hydrogen) atoms. The summed E-state index contributed by atoms with van der Waals surface area (Å²) in [4.78, 5) is 2.56. The van der Waals surface area contributed by atoms with Crippen molar-refractivity contribution in [3.05, 3.63) is 0 Å². The van der Waals surface area contributed by atoms with Crippen LogP contribution in [0.15, 0.2) is 0 Å². The second-order valence-corrected chi connectivity index (χ2v) is 3.53. The van der Waals surface area contributed by atoms with Crippen LogP contribution in [0.1, 0.15) is 26.2 Å². The van der Waals surface area contributed by atoms with Crippen LogP contribution in [0.2, 0.25) is 0 Å². The predicted molar refractivity (Wildman–Crippen MR) is 48.5 cm³/mol. The molecule has 1 atom stereocenters. The van der Waals surface area contributed by atoms with Crippen molar-refractivity contribution in [3.8, 4) is 0 Å². The van der Waals surface area contributed by atoms with Gasteiger partial charge in [0.2, 0.25) is 0 Å². The predicted octanol–water partition coefficient (Wildman–Crippen LogP) is 1.07. The summed E-state index contributed by atoms with van der Waals surface area (Å²) in [6.45, 7) is 6.99. The van der Waals surface area contributed by atoms with Gasteiger partial charge < -0.3 is 10.6 Å². The minimum atomic E-state index is 0.866. The lowest BCUT2D eigenvalue weighted by Crippen LogP contribution is -2.21. The van der Waals surface area contributed by atoms with Gasteiger partial charge in [0.05, 0.1) is 0 Å². The molecule has 0 spiro atoms. The average Bonchev–Trinajstić information content (AvgIpc) is 2.38. The summed E-state index contributed by atoms with van der Waals surface area (Å²) in [5.41, 5.74) is 5.51. The maximum atomic E-state index is 5.51. The van der Waals surface area contributed by atoms with Gasteiger partial charge in [-0.15, -0.1) is 0 Å². The van der Waals surface area contributed by atoms with Crippen LogP contribution in [0.5, 0.6) is 0 Å². The fraction of sp³-hybridized carbons (Fsp3) is 1.00. The van der Waals surface area contributed by atoms with Gasteiger partial charge in [-0.1, -0.05) is 6.92 Å². The Kier molecular flexibility index (Phi) is 3.87. The number of hydrogen-bond acceptors (Lipinski definition) is 2. The number of nitrogens with zero attached hydrogens (tertiary/aromatic N) is 1. The molecule has 0 amide bonds. The number of nitrogens with two attached hydrogens (primary N) is 1. The Bertz CT molecular complexity index is 91.7. The molecule has 2 nitrogen and oxygen atoms in total. The molecule has 1 aliphatic heterocycles. The van der Waals surface area contributed by atoms with E-state index in [0.717, 1.165) is 12.5 Å². The first-order valence-corrected chi connectivity index (χ1v) is 4.79. The summed E-state index contributed by atoms with van der Waals surface area (Å²) in [5.74, 6) is 0.895. The topological polar surface area (TPSA) is 29.3 Å². The van der Waals surface area contributed by atoms with E-state index in [1.165, 1.54) is 38.9 Å². The molecule has 0 bridgehead atoms. The number of likely N-dealkylation sites (tertiary alicyclic amines) is 1. The van der Waals surface area contributed by atoms with Crippen LogP contribution in [0.25, 0.3) is 0 Å². The van der Waals surface area contributed by atoms with Crippen molar-refractivity contribution in [1.82, 2.24) is 4.90 Å². The summed E-state index contributed by atoms with van der Waals surface area (Å²) in [5, 5.41) is 0. The molecule has 0 aromatic carbocycles. The zero-order chi connectivity index (χ0) is 8.10. The average molecular weight is 156 g/mol. The van der Waals surface area contributed by atoms with Crippen LogP contribution in [-0.2, 0) is 0 Å². The lowest BCUT2D eigenvalue weighted by atomic mass is 10.1. The lowest BCUT2D eigenvalue weighted by molar-refractivity contribution is 0.322. The summed E-state index contributed by atoms with van der Waals surface area (Å²) < 4.78 is 0. The monoisotopic (exact) mass is 156 g/mol. The van der Waals surface area contributed by atoms with Crippen LogP contribution in [0.3, 0.4) is 0 Å². The second kappa shape index (κ2) is 4.73. The summed E-state index contributed by atoms with van der Waals surface area (Å²) in [6, 6.07) is 0. The van der Waals surface area contributed by atoms with Crippen molar-refractivity contribution in [2.24, 2.45) is 11.7 Å². The molecule has 2 heteroatoms. The van der Waals surface area contributed by atoms with Gasteiger partial charge in [0.15, 0.2) is 0 Å². The molecule has 1 aliphatic rings. The molecule has 0 radical (unpaired) electrons. The van der Waals surface area contributed by atoms with Gasteiger partial charge >= 0.3 is 0 Å². The summed E-state index contributed by atoms with van der Waals surface area (Å²) in [7, 11) is 0. The van der Waals surface area contributed by atoms with Gasteiger partial charge in [0.1, 0.15) is 0 Å². The Balaban J connectivity index is 2.12. The minimum Gasteiger partial charge on any atom is -0.330 e. The van der Waals surface area contributed by atoms with E-state index in [4.69, 9.17) is 5.73 Å². The fourth-order valence-corrected chi connectivity index (χ4v) is 1.90. The Morgan fingerprint density at radius 3 is 3.00 bits per heavy atom. The molecule has 0 aliphatic carbocycles. The fourth-order valence-electron chi connectivity index (χ4n) is 1.90. The van der Waals surface area contributed by atoms with Gasteiger partial charge in [-0.25, -0.2) is 0 Å². The third-order valence-corrected chi connectivity index (χ3v) is 2.48. The van der Waals surface area contributed by atoms with Gasteiger partial charge in [-0.3, -0.25) is 0 Å². The Hall–Kier alpha value is -0.0800. The van der Waals surface area contributed by atoms with Crippen molar-refractivity contribution in [2.75, 3.05) is 26.2 Å². The van der Waals surface area contributed by atoms with Gasteiger partial charge in [0.25, 0.3) is 0 Å². The second-order valence-electron chi connectivity index (χ2n) is 3.53. The SMILES string of the molecule is CCCN1CC[C@H](CCN)C1. The van der Waals surface area contributed by atoms with E-state index >= 15 is 0 Å². The third kappa shape index (κ3) is 2.80. The number of rotatable bonds is 4. The molecule has 66 valence electrons. The molecule has 0 aromatic heterocycles. The van der Waals surface area contributed by atoms with Crippen LogP contribution in [0.4, 0.5) is 0 Å².